The number of pyridine rings is 1. The fraction of sp³-hybridized carbons (Fsp3) is 0.667. The predicted octanol–water partition coefficient (Wildman–Crippen LogP) is 2.19. The maximum atomic E-state index is 4.46. The van der Waals surface area contributed by atoms with Crippen LogP contribution in [0.3, 0.4) is 0 Å². The lowest BCUT2D eigenvalue weighted by Crippen LogP contribution is -2.44. The van der Waals surface area contributed by atoms with E-state index in [1.807, 2.05) is 12.3 Å². The van der Waals surface area contributed by atoms with Crippen molar-refractivity contribution < 1.29 is 0 Å². The highest BCUT2D eigenvalue weighted by atomic mass is 15.2. The van der Waals surface area contributed by atoms with Crippen molar-refractivity contribution >= 4 is 0 Å². The third-order valence-electron chi connectivity index (χ3n) is 4.02. The first-order chi connectivity index (χ1) is 8.92. The molecule has 0 bridgehead atoms. The van der Waals surface area contributed by atoms with Crippen LogP contribution in [0.25, 0.3) is 0 Å². The van der Waals surface area contributed by atoms with Crippen LogP contribution >= 0.6 is 0 Å². The van der Waals surface area contributed by atoms with Crippen molar-refractivity contribution in [2.24, 2.45) is 0 Å². The third-order valence-corrected chi connectivity index (χ3v) is 4.02. The minimum atomic E-state index is 0.697. The molecule has 2 fully saturated rings. The zero-order valence-electron chi connectivity index (χ0n) is 11.0. The highest BCUT2D eigenvalue weighted by molar-refractivity contribution is 5.04. The summed E-state index contributed by atoms with van der Waals surface area (Å²) < 4.78 is 0. The molecule has 0 aromatic carbocycles. The molecule has 0 spiro atoms. The molecule has 1 saturated heterocycles. The van der Waals surface area contributed by atoms with E-state index in [-0.39, 0.29) is 0 Å². The van der Waals surface area contributed by atoms with Crippen molar-refractivity contribution in [3.8, 4) is 0 Å². The zero-order valence-corrected chi connectivity index (χ0v) is 11.0. The Balaban J connectivity index is 1.58. The highest BCUT2D eigenvalue weighted by Gasteiger charge is 2.31. The molecule has 1 aliphatic carbocycles. The van der Waals surface area contributed by atoms with E-state index in [1.54, 1.807) is 0 Å². The Morgan fingerprint density at radius 3 is 2.83 bits per heavy atom. The summed E-state index contributed by atoms with van der Waals surface area (Å²) >= 11 is 0. The molecule has 1 saturated carbocycles. The monoisotopic (exact) mass is 245 g/mol. The molecule has 1 aromatic rings. The second-order valence-electron chi connectivity index (χ2n) is 5.63. The first-order valence-electron chi connectivity index (χ1n) is 7.29. The molecular weight excluding hydrogens is 222 g/mol. The fourth-order valence-corrected chi connectivity index (χ4v) is 2.85. The summed E-state index contributed by atoms with van der Waals surface area (Å²) in [6, 6.07) is 7.74. The van der Waals surface area contributed by atoms with Gasteiger partial charge in [0.05, 0.1) is 5.69 Å². The van der Waals surface area contributed by atoms with Crippen LogP contribution < -0.4 is 5.32 Å². The van der Waals surface area contributed by atoms with E-state index < -0.39 is 0 Å². The zero-order chi connectivity index (χ0) is 12.2. The molecule has 3 nitrogen and oxygen atoms in total. The Labute approximate surface area is 110 Å². The van der Waals surface area contributed by atoms with Crippen molar-refractivity contribution in [1.82, 2.24) is 15.2 Å². The Morgan fingerprint density at radius 2 is 2.17 bits per heavy atom. The van der Waals surface area contributed by atoms with Crippen LogP contribution in [0.2, 0.25) is 0 Å². The number of aromatic nitrogens is 1. The summed E-state index contributed by atoms with van der Waals surface area (Å²) in [6.45, 7) is 3.41. The molecule has 2 heterocycles. The van der Waals surface area contributed by atoms with Gasteiger partial charge in [0.2, 0.25) is 0 Å². The van der Waals surface area contributed by atoms with Gasteiger partial charge in [0.1, 0.15) is 0 Å². The van der Waals surface area contributed by atoms with Gasteiger partial charge in [0.15, 0.2) is 0 Å². The number of nitrogens with one attached hydrogen (secondary N) is 1. The van der Waals surface area contributed by atoms with Crippen LogP contribution in [0.5, 0.6) is 0 Å². The number of hydrogen-bond acceptors (Lipinski definition) is 3. The van der Waals surface area contributed by atoms with Gasteiger partial charge in [0, 0.05) is 31.4 Å². The van der Waals surface area contributed by atoms with Crippen LogP contribution in [0.15, 0.2) is 24.4 Å². The normalized spacial score (nSPS) is 24.4. The van der Waals surface area contributed by atoms with Gasteiger partial charge in [-0.25, -0.2) is 0 Å². The lowest BCUT2D eigenvalue weighted by molar-refractivity contribution is 0.206. The average Bonchev–Trinajstić information content (AvgIpc) is 3.25. The summed E-state index contributed by atoms with van der Waals surface area (Å²) in [5, 5.41) is 3.66. The van der Waals surface area contributed by atoms with Crippen molar-refractivity contribution in [3.63, 3.8) is 0 Å². The summed E-state index contributed by atoms with van der Waals surface area (Å²) in [7, 11) is 0. The number of hydrogen-bond donors (Lipinski definition) is 1. The number of rotatable bonds is 5. The van der Waals surface area contributed by atoms with Crippen LogP contribution in [0.1, 0.15) is 37.8 Å². The smallest absolute Gasteiger partial charge is 0.0544 e. The average molecular weight is 245 g/mol. The Hall–Kier alpha value is -0.930. The van der Waals surface area contributed by atoms with E-state index in [1.165, 1.54) is 50.9 Å². The summed E-state index contributed by atoms with van der Waals surface area (Å²) in [5.74, 6) is 0. The van der Waals surface area contributed by atoms with Gasteiger partial charge in [-0.05, 0) is 44.4 Å². The van der Waals surface area contributed by atoms with Crippen molar-refractivity contribution in [2.75, 3.05) is 13.1 Å². The summed E-state index contributed by atoms with van der Waals surface area (Å²) in [4.78, 5) is 7.09. The standard InChI is InChI=1S/C15H23N3/c1-3-9-16-13(5-1)11-18(15-7-8-15)12-14-6-2-4-10-17-14/h1,3,5,9,14-15,17H,2,4,6-8,10-12H2. The quantitative estimate of drug-likeness (QED) is 0.862. The fourth-order valence-electron chi connectivity index (χ4n) is 2.85. The molecule has 3 heteroatoms. The Morgan fingerprint density at radius 1 is 1.22 bits per heavy atom. The second-order valence-corrected chi connectivity index (χ2v) is 5.63. The molecule has 1 atom stereocenters. The van der Waals surface area contributed by atoms with Gasteiger partial charge >= 0.3 is 0 Å². The lowest BCUT2D eigenvalue weighted by Gasteiger charge is -2.30. The largest absolute Gasteiger partial charge is 0.313 e. The molecule has 0 amide bonds. The molecular formula is C15H23N3. The van der Waals surface area contributed by atoms with Gasteiger partial charge in [-0.15, -0.1) is 0 Å². The van der Waals surface area contributed by atoms with Crippen LogP contribution in [0, 0.1) is 0 Å². The minimum absolute atomic E-state index is 0.697. The van der Waals surface area contributed by atoms with Crippen molar-refractivity contribution in [1.29, 1.82) is 0 Å². The SMILES string of the molecule is c1ccc(CN(CC2CCCCN2)C2CC2)nc1. The molecule has 2 aliphatic rings. The first kappa shape index (κ1) is 12.1. The third kappa shape index (κ3) is 3.30. The van der Waals surface area contributed by atoms with Gasteiger partial charge in [0.25, 0.3) is 0 Å². The van der Waals surface area contributed by atoms with Crippen LogP contribution in [-0.4, -0.2) is 35.1 Å². The van der Waals surface area contributed by atoms with Crippen LogP contribution in [-0.2, 0) is 6.54 Å². The van der Waals surface area contributed by atoms with E-state index in [0.29, 0.717) is 6.04 Å². The molecule has 1 N–H and O–H groups in total. The molecule has 98 valence electrons. The summed E-state index contributed by atoms with van der Waals surface area (Å²) in [5.41, 5.74) is 1.21. The van der Waals surface area contributed by atoms with Crippen molar-refractivity contribution in [2.45, 2.75) is 50.7 Å². The second kappa shape index (κ2) is 5.81. The van der Waals surface area contributed by atoms with Gasteiger partial charge in [-0.3, -0.25) is 9.88 Å². The molecule has 18 heavy (non-hydrogen) atoms. The van der Waals surface area contributed by atoms with E-state index in [9.17, 15) is 0 Å². The lowest BCUT2D eigenvalue weighted by atomic mass is 10.0. The molecule has 1 unspecified atom stereocenters. The Kier molecular flexibility index (Phi) is 3.91. The molecule has 3 rings (SSSR count). The van der Waals surface area contributed by atoms with Gasteiger partial charge < -0.3 is 5.32 Å². The first-order valence-corrected chi connectivity index (χ1v) is 7.29. The van der Waals surface area contributed by atoms with Gasteiger partial charge in [-0.2, -0.15) is 0 Å². The van der Waals surface area contributed by atoms with E-state index in [2.05, 4.69) is 27.3 Å². The van der Waals surface area contributed by atoms with Gasteiger partial charge in [-0.1, -0.05) is 12.5 Å². The van der Waals surface area contributed by atoms with Crippen molar-refractivity contribution in [3.05, 3.63) is 30.1 Å². The maximum Gasteiger partial charge on any atom is 0.0544 e. The molecule has 1 aromatic heterocycles. The number of piperidine rings is 1. The topological polar surface area (TPSA) is 28.2 Å². The minimum Gasteiger partial charge on any atom is -0.313 e. The molecule has 0 radical (unpaired) electrons. The maximum absolute atomic E-state index is 4.46. The van der Waals surface area contributed by atoms with E-state index >= 15 is 0 Å². The highest BCUT2D eigenvalue weighted by Crippen LogP contribution is 2.28. The molecule has 1 aliphatic heterocycles. The summed E-state index contributed by atoms with van der Waals surface area (Å²) in [6.07, 6.45) is 8.73. The van der Waals surface area contributed by atoms with E-state index in [0.717, 1.165) is 12.6 Å². The Bertz CT molecular complexity index is 355. The number of nitrogens with zero attached hydrogens (tertiary/aromatic N) is 2. The van der Waals surface area contributed by atoms with E-state index in [4.69, 9.17) is 0 Å². The van der Waals surface area contributed by atoms with Crippen LogP contribution in [0.4, 0.5) is 0 Å². The predicted molar refractivity (Wildman–Crippen MR) is 73.3 cm³/mol.